The molecule has 1 aromatic rings. The van der Waals surface area contributed by atoms with Crippen LogP contribution in [0.25, 0.3) is 0 Å². The largest absolute Gasteiger partial charge is 0.372 e. The van der Waals surface area contributed by atoms with E-state index in [2.05, 4.69) is 4.98 Å². The van der Waals surface area contributed by atoms with Crippen LogP contribution in [0.5, 0.6) is 0 Å². The summed E-state index contributed by atoms with van der Waals surface area (Å²) in [6.45, 7) is 9.14. The summed E-state index contributed by atoms with van der Waals surface area (Å²) >= 11 is 1.57. The lowest BCUT2D eigenvalue weighted by Gasteiger charge is -2.24. The van der Waals surface area contributed by atoms with Crippen LogP contribution < -0.4 is 5.73 Å². The first-order valence-electron chi connectivity index (χ1n) is 7.47. The highest BCUT2D eigenvalue weighted by molar-refractivity contribution is 7.09. The van der Waals surface area contributed by atoms with E-state index in [4.69, 9.17) is 10.5 Å². The van der Waals surface area contributed by atoms with Crippen LogP contribution in [0.2, 0.25) is 0 Å². The zero-order valence-electron chi connectivity index (χ0n) is 13.6. The predicted molar refractivity (Wildman–Crippen MR) is 86.1 cm³/mol. The Morgan fingerprint density at radius 3 is 2.71 bits per heavy atom. The molecule has 0 saturated carbocycles. The third-order valence-electron chi connectivity index (χ3n) is 3.65. The van der Waals surface area contributed by atoms with Crippen LogP contribution in [0.4, 0.5) is 0 Å². The van der Waals surface area contributed by atoms with Crippen LogP contribution in [-0.2, 0) is 16.1 Å². The van der Waals surface area contributed by atoms with E-state index in [1.165, 1.54) is 0 Å². The Morgan fingerprint density at radius 1 is 1.48 bits per heavy atom. The predicted octanol–water partition coefficient (Wildman–Crippen LogP) is 2.57. The van der Waals surface area contributed by atoms with Gasteiger partial charge in [-0.3, -0.25) is 4.79 Å². The topological polar surface area (TPSA) is 68.5 Å². The Morgan fingerprint density at radius 2 is 2.14 bits per heavy atom. The molecule has 1 heterocycles. The molecule has 0 saturated heterocycles. The number of amides is 1. The Labute approximate surface area is 131 Å². The number of rotatable bonds is 8. The van der Waals surface area contributed by atoms with Gasteiger partial charge in [-0.05, 0) is 19.8 Å². The Hall–Kier alpha value is -0.980. The molecule has 5 nitrogen and oxygen atoms in total. The van der Waals surface area contributed by atoms with Crippen molar-refractivity contribution in [3.63, 3.8) is 0 Å². The fourth-order valence-electron chi connectivity index (χ4n) is 1.98. The van der Waals surface area contributed by atoms with E-state index in [1.807, 2.05) is 33.1 Å². The van der Waals surface area contributed by atoms with Crippen molar-refractivity contribution in [3.8, 4) is 0 Å². The monoisotopic (exact) mass is 313 g/mol. The lowest BCUT2D eigenvalue weighted by molar-refractivity contribution is -0.133. The van der Waals surface area contributed by atoms with Gasteiger partial charge in [-0.15, -0.1) is 11.3 Å². The van der Waals surface area contributed by atoms with Gasteiger partial charge in [-0.25, -0.2) is 4.98 Å². The Balaban J connectivity index is 2.62. The molecule has 3 atom stereocenters. The fraction of sp³-hybridized carbons (Fsp3) is 0.733. The van der Waals surface area contributed by atoms with Gasteiger partial charge < -0.3 is 15.4 Å². The maximum atomic E-state index is 12.2. The van der Waals surface area contributed by atoms with E-state index in [9.17, 15) is 4.79 Å². The molecule has 0 aliphatic carbocycles. The van der Waals surface area contributed by atoms with Crippen molar-refractivity contribution in [2.45, 2.75) is 52.8 Å². The number of carbonyl (C=O) groups excluding carboxylic acids is 1. The maximum absolute atomic E-state index is 12.2. The minimum absolute atomic E-state index is 0.00266. The summed E-state index contributed by atoms with van der Waals surface area (Å²) in [4.78, 5) is 18.4. The van der Waals surface area contributed by atoms with Gasteiger partial charge in [0.2, 0.25) is 5.91 Å². The molecule has 2 N–H and O–H groups in total. The van der Waals surface area contributed by atoms with Crippen LogP contribution in [0.3, 0.4) is 0 Å². The summed E-state index contributed by atoms with van der Waals surface area (Å²) in [5.41, 5.74) is 6.87. The van der Waals surface area contributed by atoms with Crippen molar-refractivity contribution < 1.29 is 9.53 Å². The summed E-state index contributed by atoms with van der Waals surface area (Å²) in [6, 6.07) is -0.444. The van der Waals surface area contributed by atoms with E-state index in [-0.39, 0.29) is 17.9 Å². The number of carbonyl (C=O) groups is 1. The molecule has 0 aromatic carbocycles. The summed E-state index contributed by atoms with van der Waals surface area (Å²) in [7, 11) is 1.77. The van der Waals surface area contributed by atoms with Crippen LogP contribution in [0.1, 0.15) is 50.9 Å². The number of aromatic nitrogens is 1. The molecule has 0 spiro atoms. The average Bonchev–Trinajstić information content (AvgIpc) is 2.93. The van der Waals surface area contributed by atoms with Crippen molar-refractivity contribution in [3.05, 3.63) is 16.1 Å². The van der Waals surface area contributed by atoms with Gasteiger partial charge in [-0.1, -0.05) is 20.3 Å². The van der Waals surface area contributed by atoms with Crippen molar-refractivity contribution >= 4 is 17.2 Å². The molecule has 0 aliphatic rings. The number of thiazole rings is 1. The third-order valence-corrected chi connectivity index (χ3v) is 4.71. The van der Waals surface area contributed by atoms with Gasteiger partial charge in [0.1, 0.15) is 11.1 Å². The second-order valence-corrected chi connectivity index (χ2v) is 6.27. The number of nitrogens with two attached hydrogens (primary N) is 1. The molecule has 120 valence electrons. The van der Waals surface area contributed by atoms with Gasteiger partial charge >= 0.3 is 0 Å². The van der Waals surface area contributed by atoms with Crippen molar-refractivity contribution in [2.24, 2.45) is 11.7 Å². The van der Waals surface area contributed by atoms with Crippen LogP contribution >= 0.6 is 11.3 Å². The molecular formula is C15H27N3O2S. The van der Waals surface area contributed by atoms with Gasteiger partial charge in [0.25, 0.3) is 0 Å². The first-order chi connectivity index (χ1) is 9.90. The molecule has 1 amide bonds. The van der Waals surface area contributed by atoms with Gasteiger partial charge in [0.05, 0.1) is 18.3 Å². The zero-order chi connectivity index (χ0) is 16.0. The third kappa shape index (κ3) is 5.05. The van der Waals surface area contributed by atoms with Crippen LogP contribution in [0.15, 0.2) is 5.38 Å². The van der Waals surface area contributed by atoms with Crippen molar-refractivity contribution in [1.29, 1.82) is 0 Å². The Bertz CT molecular complexity index is 450. The lowest BCUT2D eigenvalue weighted by Crippen LogP contribution is -2.45. The maximum Gasteiger partial charge on any atom is 0.239 e. The van der Waals surface area contributed by atoms with Crippen LogP contribution in [0, 0.1) is 5.92 Å². The molecule has 0 aliphatic heterocycles. The van der Waals surface area contributed by atoms with E-state index in [0.29, 0.717) is 13.2 Å². The number of hydrogen-bond acceptors (Lipinski definition) is 5. The molecule has 3 unspecified atom stereocenters. The first kappa shape index (κ1) is 18.1. The van der Waals surface area contributed by atoms with Crippen molar-refractivity contribution in [2.75, 3.05) is 13.7 Å². The van der Waals surface area contributed by atoms with Crippen molar-refractivity contribution in [1.82, 2.24) is 9.88 Å². The average molecular weight is 313 g/mol. The van der Waals surface area contributed by atoms with Gasteiger partial charge in [0, 0.05) is 19.0 Å². The molecule has 1 aromatic heterocycles. The van der Waals surface area contributed by atoms with E-state index < -0.39 is 6.04 Å². The smallest absolute Gasteiger partial charge is 0.239 e. The molecular weight excluding hydrogens is 286 g/mol. The summed E-state index contributed by atoms with van der Waals surface area (Å²) < 4.78 is 5.53. The molecule has 1 rings (SSSR count). The van der Waals surface area contributed by atoms with Gasteiger partial charge in [0.15, 0.2) is 0 Å². The lowest BCUT2D eigenvalue weighted by atomic mass is 9.99. The first-order valence-corrected chi connectivity index (χ1v) is 8.35. The summed E-state index contributed by atoms with van der Waals surface area (Å²) in [6.07, 6.45) is 0.894. The number of nitrogens with zero attached hydrogens (tertiary/aromatic N) is 2. The number of ether oxygens (including phenoxy) is 1. The molecule has 0 radical (unpaired) electrons. The number of likely N-dealkylation sites (N-methyl/N-ethyl adjacent to an activating group) is 1. The van der Waals surface area contributed by atoms with E-state index >= 15 is 0 Å². The highest BCUT2D eigenvalue weighted by atomic mass is 32.1. The minimum Gasteiger partial charge on any atom is -0.372 e. The molecule has 21 heavy (non-hydrogen) atoms. The molecule has 0 fully saturated rings. The molecule has 0 bridgehead atoms. The fourth-order valence-corrected chi connectivity index (χ4v) is 2.79. The summed E-state index contributed by atoms with van der Waals surface area (Å²) in [5, 5.41) is 2.92. The highest BCUT2D eigenvalue weighted by Crippen LogP contribution is 2.21. The standard InChI is InChI=1S/C15H27N3O2S/c1-6-10(3)13(16)15(19)18(5)8-12-9-21-14(17-12)11(4)20-7-2/h9-11,13H,6-8,16H2,1-5H3. The summed E-state index contributed by atoms with van der Waals surface area (Å²) in [5.74, 6) is 0.153. The zero-order valence-corrected chi connectivity index (χ0v) is 14.4. The minimum atomic E-state index is -0.444. The van der Waals surface area contributed by atoms with E-state index in [0.717, 1.165) is 17.1 Å². The second kappa shape index (κ2) is 8.46. The quantitative estimate of drug-likeness (QED) is 0.801. The SMILES string of the molecule is CCOC(C)c1nc(CN(C)C(=O)C(N)C(C)CC)cs1. The normalized spacial score (nSPS) is 15.5. The second-order valence-electron chi connectivity index (χ2n) is 5.38. The van der Waals surface area contributed by atoms with Gasteiger partial charge in [-0.2, -0.15) is 0 Å². The van der Waals surface area contributed by atoms with Crippen LogP contribution in [-0.4, -0.2) is 35.5 Å². The highest BCUT2D eigenvalue weighted by Gasteiger charge is 2.23. The number of hydrogen-bond donors (Lipinski definition) is 1. The Kier molecular flexibility index (Phi) is 7.28. The van der Waals surface area contributed by atoms with E-state index in [1.54, 1.807) is 23.3 Å². The molecule has 6 heteroatoms.